The molecule has 98 valence electrons. The topological polar surface area (TPSA) is 42.1 Å². The van der Waals surface area contributed by atoms with E-state index in [4.69, 9.17) is 18.0 Å². The minimum absolute atomic E-state index is 0.427. The molecule has 0 fully saturated rings. The summed E-state index contributed by atoms with van der Waals surface area (Å²) in [4.78, 5) is 6.60. The summed E-state index contributed by atoms with van der Waals surface area (Å²) < 4.78 is 0. The lowest BCUT2D eigenvalue weighted by molar-refractivity contribution is 0.917. The summed E-state index contributed by atoms with van der Waals surface area (Å²) in [6.07, 6.45) is 3.60. The van der Waals surface area contributed by atoms with E-state index in [0.717, 1.165) is 17.8 Å². The number of hydrogen-bond donors (Lipinski definition) is 1. The van der Waals surface area contributed by atoms with E-state index in [1.54, 1.807) is 12.4 Å². The number of benzene rings is 1. The van der Waals surface area contributed by atoms with Crippen molar-refractivity contribution in [3.8, 4) is 0 Å². The summed E-state index contributed by atoms with van der Waals surface area (Å²) in [7, 11) is 2.04. The van der Waals surface area contributed by atoms with Crippen molar-refractivity contribution < 1.29 is 0 Å². The Labute approximate surface area is 119 Å². The van der Waals surface area contributed by atoms with Crippen LogP contribution in [0.25, 0.3) is 0 Å². The molecule has 2 N–H and O–H groups in total. The summed E-state index contributed by atoms with van der Waals surface area (Å²) in [5, 5.41) is 0. The molecule has 0 aliphatic carbocycles. The molecule has 1 aromatic heterocycles. The smallest absolute Gasteiger partial charge is 0.106 e. The number of anilines is 1. The summed E-state index contributed by atoms with van der Waals surface area (Å²) in [6, 6.07) is 10.1. The molecule has 0 amide bonds. The highest BCUT2D eigenvalue weighted by Crippen LogP contribution is 2.22. The molecule has 4 heteroatoms. The van der Waals surface area contributed by atoms with Crippen LogP contribution in [0.5, 0.6) is 0 Å². The van der Waals surface area contributed by atoms with Crippen LogP contribution in [0.1, 0.15) is 16.7 Å². The van der Waals surface area contributed by atoms with Crippen LogP contribution in [-0.4, -0.2) is 17.0 Å². The van der Waals surface area contributed by atoms with Crippen molar-refractivity contribution in [1.82, 2.24) is 4.98 Å². The lowest BCUT2D eigenvalue weighted by Gasteiger charge is -2.22. The third-order valence-corrected chi connectivity index (χ3v) is 3.22. The fourth-order valence-electron chi connectivity index (χ4n) is 2.01. The quantitative estimate of drug-likeness (QED) is 0.868. The minimum atomic E-state index is 0.427. The van der Waals surface area contributed by atoms with Crippen molar-refractivity contribution in [2.75, 3.05) is 11.9 Å². The van der Waals surface area contributed by atoms with Gasteiger partial charge in [0, 0.05) is 37.2 Å². The van der Waals surface area contributed by atoms with E-state index in [0.29, 0.717) is 4.99 Å². The molecule has 1 heterocycles. The lowest BCUT2D eigenvalue weighted by Crippen LogP contribution is -2.21. The van der Waals surface area contributed by atoms with Crippen molar-refractivity contribution in [3.63, 3.8) is 0 Å². The zero-order valence-corrected chi connectivity index (χ0v) is 11.9. The number of aromatic nitrogens is 1. The van der Waals surface area contributed by atoms with E-state index < -0.39 is 0 Å². The van der Waals surface area contributed by atoms with Gasteiger partial charge in [0.2, 0.25) is 0 Å². The van der Waals surface area contributed by atoms with E-state index in [-0.39, 0.29) is 0 Å². The first-order valence-corrected chi connectivity index (χ1v) is 6.49. The summed E-state index contributed by atoms with van der Waals surface area (Å²) in [5.41, 5.74) is 10.2. The Hall–Kier alpha value is -1.94. The number of rotatable bonds is 4. The molecule has 0 saturated carbocycles. The van der Waals surface area contributed by atoms with Crippen LogP contribution in [0.2, 0.25) is 0 Å². The Morgan fingerprint density at radius 1 is 1.26 bits per heavy atom. The Morgan fingerprint density at radius 2 is 1.95 bits per heavy atom. The normalized spacial score (nSPS) is 10.2. The van der Waals surface area contributed by atoms with Crippen LogP contribution in [-0.2, 0) is 6.54 Å². The highest BCUT2D eigenvalue weighted by Gasteiger charge is 2.10. The Kier molecular flexibility index (Phi) is 4.12. The van der Waals surface area contributed by atoms with Gasteiger partial charge in [0.1, 0.15) is 4.99 Å². The van der Waals surface area contributed by atoms with Crippen LogP contribution in [0.4, 0.5) is 5.69 Å². The third-order valence-electron chi connectivity index (χ3n) is 3.00. The molecule has 0 spiro atoms. The van der Waals surface area contributed by atoms with Gasteiger partial charge in [0.05, 0.1) is 0 Å². The number of thiocarbonyl (C=S) groups is 1. The highest BCUT2D eigenvalue weighted by atomic mass is 32.1. The molecule has 0 aliphatic heterocycles. The van der Waals surface area contributed by atoms with E-state index in [9.17, 15) is 0 Å². The molecule has 0 bridgehead atoms. The standard InChI is InChI=1S/C15H17N3S/c1-11-3-4-13(15(16)19)14(9-11)18(2)10-12-5-7-17-8-6-12/h3-9H,10H2,1-2H3,(H2,16,19). The summed E-state index contributed by atoms with van der Waals surface area (Å²) >= 11 is 5.12. The van der Waals surface area contributed by atoms with Crippen molar-refractivity contribution >= 4 is 22.9 Å². The summed E-state index contributed by atoms with van der Waals surface area (Å²) in [5.74, 6) is 0. The van der Waals surface area contributed by atoms with Gasteiger partial charge in [-0.2, -0.15) is 0 Å². The minimum Gasteiger partial charge on any atom is -0.389 e. The van der Waals surface area contributed by atoms with Crippen LogP contribution in [0.15, 0.2) is 42.7 Å². The predicted octanol–water partition coefficient (Wildman–Crippen LogP) is 2.66. The van der Waals surface area contributed by atoms with Gasteiger partial charge in [-0.15, -0.1) is 0 Å². The third kappa shape index (κ3) is 3.29. The maximum absolute atomic E-state index is 5.79. The fourth-order valence-corrected chi connectivity index (χ4v) is 2.19. The van der Waals surface area contributed by atoms with E-state index in [1.807, 2.05) is 31.3 Å². The lowest BCUT2D eigenvalue weighted by atomic mass is 10.1. The number of nitrogens with two attached hydrogens (primary N) is 1. The van der Waals surface area contributed by atoms with Crippen LogP contribution >= 0.6 is 12.2 Å². The molecule has 19 heavy (non-hydrogen) atoms. The van der Waals surface area contributed by atoms with Gasteiger partial charge in [-0.1, -0.05) is 18.3 Å². The van der Waals surface area contributed by atoms with Crippen LogP contribution < -0.4 is 10.6 Å². The van der Waals surface area contributed by atoms with Crippen molar-refractivity contribution in [3.05, 3.63) is 59.4 Å². The first kappa shape index (κ1) is 13.5. The molecular formula is C15H17N3S. The maximum atomic E-state index is 5.79. The van der Waals surface area contributed by atoms with Crippen molar-refractivity contribution in [2.45, 2.75) is 13.5 Å². The van der Waals surface area contributed by atoms with E-state index in [2.05, 4.69) is 22.9 Å². The van der Waals surface area contributed by atoms with Gasteiger partial charge < -0.3 is 10.6 Å². The van der Waals surface area contributed by atoms with E-state index in [1.165, 1.54) is 11.1 Å². The second kappa shape index (κ2) is 5.80. The molecule has 2 aromatic rings. The van der Waals surface area contributed by atoms with Gasteiger partial charge in [0.15, 0.2) is 0 Å². The zero-order chi connectivity index (χ0) is 13.8. The fraction of sp³-hybridized carbons (Fsp3) is 0.200. The molecule has 3 nitrogen and oxygen atoms in total. The molecule has 0 atom stereocenters. The van der Waals surface area contributed by atoms with Gasteiger partial charge in [-0.25, -0.2) is 0 Å². The molecule has 1 aromatic carbocycles. The SMILES string of the molecule is Cc1ccc(C(N)=S)c(N(C)Cc2ccncc2)c1. The average molecular weight is 271 g/mol. The van der Waals surface area contributed by atoms with Gasteiger partial charge in [-0.3, -0.25) is 4.98 Å². The molecule has 2 rings (SSSR count). The molecule has 0 saturated heterocycles. The largest absolute Gasteiger partial charge is 0.389 e. The monoisotopic (exact) mass is 271 g/mol. The van der Waals surface area contributed by atoms with Crippen LogP contribution in [0, 0.1) is 6.92 Å². The number of nitrogens with zero attached hydrogens (tertiary/aromatic N) is 2. The van der Waals surface area contributed by atoms with Crippen molar-refractivity contribution in [1.29, 1.82) is 0 Å². The van der Waals surface area contributed by atoms with Crippen molar-refractivity contribution in [2.24, 2.45) is 5.73 Å². The maximum Gasteiger partial charge on any atom is 0.106 e. The number of aryl methyl sites for hydroxylation is 1. The first-order chi connectivity index (χ1) is 9.08. The summed E-state index contributed by atoms with van der Waals surface area (Å²) in [6.45, 7) is 2.86. The van der Waals surface area contributed by atoms with Gasteiger partial charge in [-0.05, 0) is 42.3 Å². The second-order valence-corrected chi connectivity index (χ2v) is 5.04. The Balaban J connectivity index is 2.30. The molecule has 0 unspecified atom stereocenters. The number of pyridine rings is 1. The van der Waals surface area contributed by atoms with Gasteiger partial charge in [0.25, 0.3) is 0 Å². The second-order valence-electron chi connectivity index (χ2n) is 4.60. The highest BCUT2D eigenvalue weighted by molar-refractivity contribution is 7.80. The Morgan fingerprint density at radius 3 is 2.58 bits per heavy atom. The predicted molar refractivity (Wildman–Crippen MR) is 83.4 cm³/mol. The molecule has 0 aliphatic rings. The average Bonchev–Trinajstić information content (AvgIpc) is 2.39. The van der Waals surface area contributed by atoms with Crippen LogP contribution in [0.3, 0.4) is 0 Å². The first-order valence-electron chi connectivity index (χ1n) is 6.08. The van der Waals surface area contributed by atoms with E-state index >= 15 is 0 Å². The molecule has 0 radical (unpaired) electrons. The number of hydrogen-bond acceptors (Lipinski definition) is 3. The Bertz CT molecular complexity index is 581. The van der Waals surface area contributed by atoms with Gasteiger partial charge >= 0.3 is 0 Å². The molecular weight excluding hydrogens is 254 g/mol. The zero-order valence-electron chi connectivity index (χ0n) is 11.1.